The van der Waals surface area contributed by atoms with Crippen molar-refractivity contribution in [1.82, 2.24) is 30.5 Å². The molecule has 0 bridgehead atoms. The number of aryl methyl sites for hydroxylation is 2. The van der Waals surface area contributed by atoms with Crippen molar-refractivity contribution in [3.8, 4) is 11.4 Å². The molecule has 7 nitrogen and oxygen atoms in total. The molecule has 4 aromatic rings. The first kappa shape index (κ1) is 19.4. The summed E-state index contributed by atoms with van der Waals surface area (Å²) in [4.78, 5) is 25.8. The Balaban J connectivity index is 1.47. The van der Waals surface area contributed by atoms with Gasteiger partial charge in [-0.2, -0.15) is 5.10 Å². The summed E-state index contributed by atoms with van der Waals surface area (Å²) in [6.45, 7) is 4.36. The molecule has 2 N–H and O–H groups in total. The van der Waals surface area contributed by atoms with E-state index in [1.54, 1.807) is 12.3 Å². The highest BCUT2D eigenvalue weighted by atomic mass is 16.1. The monoisotopic (exact) mass is 398 g/mol. The SMILES string of the molecule is Cc1cc(Cc2cc(C)[nH]n2)nc(-c2ccc(C(=O)NCc3ccccc3)nc2)n1. The summed E-state index contributed by atoms with van der Waals surface area (Å²) < 4.78 is 0. The largest absolute Gasteiger partial charge is 0.347 e. The standard InChI is InChI=1S/C23H22N6O/c1-15-10-19(12-20-11-16(2)28-29-20)27-22(26-15)18-8-9-21(24-14-18)23(30)25-13-17-6-4-3-5-7-17/h3-11,14H,12-13H2,1-2H3,(H,25,30)(H,28,29). The summed E-state index contributed by atoms with van der Waals surface area (Å²) in [5.74, 6) is 0.367. The van der Waals surface area contributed by atoms with Crippen molar-refractivity contribution in [3.05, 3.63) is 94.8 Å². The van der Waals surface area contributed by atoms with E-state index in [0.29, 0.717) is 24.5 Å². The van der Waals surface area contributed by atoms with Gasteiger partial charge in [0.1, 0.15) is 5.69 Å². The van der Waals surface area contributed by atoms with E-state index in [4.69, 9.17) is 0 Å². The zero-order chi connectivity index (χ0) is 20.9. The maximum Gasteiger partial charge on any atom is 0.270 e. The van der Waals surface area contributed by atoms with E-state index in [0.717, 1.165) is 33.9 Å². The first-order valence-corrected chi connectivity index (χ1v) is 9.71. The number of hydrogen-bond acceptors (Lipinski definition) is 5. The van der Waals surface area contributed by atoms with Crippen LogP contribution in [-0.2, 0) is 13.0 Å². The molecule has 0 atom stereocenters. The van der Waals surface area contributed by atoms with Gasteiger partial charge in [0.25, 0.3) is 5.91 Å². The first-order valence-electron chi connectivity index (χ1n) is 9.71. The van der Waals surface area contributed by atoms with Gasteiger partial charge in [0.2, 0.25) is 0 Å². The maximum atomic E-state index is 12.4. The van der Waals surface area contributed by atoms with E-state index in [9.17, 15) is 4.79 Å². The van der Waals surface area contributed by atoms with Crippen molar-refractivity contribution in [3.63, 3.8) is 0 Å². The molecule has 3 heterocycles. The summed E-state index contributed by atoms with van der Waals surface area (Å²) in [7, 11) is 0. The van der Waals surface area contributed by atoms with Gasteiger partial charge in [0.15, 0.2) is 5.82 Å². The van der Waals surface area contributed by atoms with Crippen LogP contribution in [0.25, 0.3) is 11.4 Å². The predicted molar refractivity (Wildman–Crippen MR) is 114 cm³/mol. The number of H-pyrrole nitrogens is 1. The lowest BCUT2D eigenvalue weighted by atomic mass is 10.1. The third-order valence-corrected chi connectivity index (χ3v) is 4.58. The topological polar surface area (TPSA) is 96.5 Å². The van der Waals surface area contributed by atoms with E-state index >= 15 is 0 Å². The normalized spacial score (nSPS) is 10.7. The van der Waals surface area contributed by atoms with Crippen LogP contribution in [0.4, 0.5) is 0 Å². The average molecular weight is 398 g/mol. The van der Waals surface area contributed by atoms with Crippen molar-refractivity contribution >= 4 is 5.91 Å². The molecule has 0 spiro atoms. The fourth-order valence-corrected chi connectivity index (χ4v) is 3.13. The minimum absolute atomic E-state index is 0.217. The predicted octanol–water partition coefficient (Wildman–Crippen LogP) is 3.40. The van der Waals surface area contributed by atoms with Gasteiger partial charge in [-0.25, -0.2) is 9.97 Å². The van der Waals surface area contributed by atoms with Crippen LogP contribution in [0, 0.1) is 13.8 Å². The molecule has 0 aliphatic carbocycles. The van der Waals surface area contributed by atoms with E-state index in [1.807, 2.05) is 62.4 Å². The Morgan fingerprint density at radius 1 is 1.00 bits per heavy atom. The van der Waals surface area contributed by atoms with Crippen LogP contribution in [-0.4, -0.2) is 31.1 Å². The molecular formula is C23H22N6O. The van der Waals surface area contributed by atoms with Crippen molar-refractivity contribution in [2.75, 3.05) is 0 Å². The fourth-order valence-electron chi connectivity index (χ4n) is 3.13. The van der Waals surface area contributed by atoms with Crippen molar-refractivity contribution in [1.29, 1.82) is 0 Å². The van der Waals surface area contributed by atoms with Gasteiger partial charge in [0, 0.05) is 36.1 Å². The molecule has 0 saturated carbocycles. The Morgan fingerprint density at radius 2 is 1.83 bits per heavy atom. The summed E-state index contributed by atoms with van der Waals surface area (Å²) in [6, 6.07) is 17.2. The summed E-state index contributed by atoms with van der Waals surface area (Å²) >= 11 is 0. The second-order valence-corrected chi connectivity index (χ2v) is 7.14. The zero-order valence-electron chi connectivity index (χ0n) is 16.9. The van der Waals surface area contributed by atoms with E-state index in [1.165, 1.54) is 0 Å². The Morgan fingerprint density at radius 3 is 2.53 bits per heavy atom. The quantitative estimate of drug-likeness (QED) is 0.519. The third kappa shape index (κ3) is 4.75. The number of pyridine rings is 1. The highest BCUT2D eigenvalue weighted by Gasteiger charge is 2.11. The molecule has 3 aromatic heterocycles. The molecule has 4 rings (SSSR count). The Kier molecular flexibility index (Phi) is 5.61. The van der Waals surface area contributed by atoms with Crippen LogP contribution in [0.1, 0.15) is 38.8 Å². The highest BCUT2D eigenvalue weighted by molar-refractivity contribution is 5.92. The molecule has 0 fully saturated rings. The van der Waals surface area contributed by atoms with Gasteiger partial charge in [-0.15, -0.1) is 0 Å². The van der Waals surface area contributed by atoms with E-state index < -0.39 is 0 Å². The van der Waals surface area contributed by atoms with Crippen LogP contribution in [0.5, 0.6) is 0 Å². The van der Waals surface area contributed by atoms with E-state index in [2.05, 4.69) is 30.5 Å². The van der Waals surface area contributed by atoms with Crippen LogP contribution in [0.15, 0.2) is 60.8 Å². The number of aromatic nitrogens is 5. The number of aromatic amines is 1. The molecule has 0 aliphatic heterocycles. The zero-order valence-corrected chi connectivity index (χ0v) is 16.9. The molecule has 30 heavy (non-hydrogen) atoms. The average Bonchev–Trinajstić information content (AvgIpc) is 3.17. The van der Waals surface area contributed by atoms with Gasteiger partial charge in [-0.1, -0.05) is 30.3 Å². The minimum atomic E-state index is -0.217. The number of rotatable bonds is 6. The van der Waals surface area contributed by atoms with Gasteiger partial charge < -0.3 is 5.32 Å². The third-order valence-electron chi connectivity index (χ3n) is 4.58. The minimum Gasteiger partial charge on any atom is -0.347 e. The summed E-state index contributed by atoms with van der Waals surface area (Å²) in [6.07, 6.45) is 2.25. The number of carbonyl (C=O) groups is 1. The number of nitrogens with zero attached hydrogens (tertiary/aromatic N) is 4. The lowest BCUT2D eigenvalue weighted by Gasteiger charge is -2.07. The Bertz CT molecular complexity index is 1150. The van der Waals surface area contributed by atoms with E-state index in [-0.39, 0.29) is 5.91 Å². The number of amides is 1. The van der Waals surface area contributed by atoms with Gasteiger partial charge >= 0.3 is 0 Å². The molecule has 150 valence electrons. The molecule has 1 amide bonds. The van der Waals surface area contributed by atoms with Crippen LogP contribution >= 0.6 is 0 Å². The molecule has 0 aliphatic rings. The summed E-state index contributed by atoms with van der Waals surface area (Å²) in [5.41, 5.74) is 5.85. The number of nitrogens with one attached hydrogen (secondary N) is 2. The van der Waals surface area contributed by atoms with Crippen molar-refractivity contribution in [2.45, 2.75) is 26.8 Å². The molecule has 0 saturated heterocycles. The second kappa shape index (κ2) is 8.65. The van der Waals surface area contributed by atoms with Crippen LogP contribution in [0.3, 0.4) is 0 Å². The Hall–Kier alpha value is -3.87. The smallest absolute Gasteiger partial charge is 0.270 e. The second-order valence-electron chi connectivity index (χ2n) is 7.14. The Labute approximate surface area is 174 Å². The van der Waals surface area contributed by atoms with Crippen LogP contribution < -0.4 is 5.32 Å². The maximum absolute atomic E-state index is 12.4. The lowest BCUT2D eigenvalue weighted by molar-refractivity contribution is 0.0946. The van der Waals surface area contributed by atoms with Gasteiger partial charge in [-0.05, 0) is 43.7 Å². The fraction of sp³-hybridized carbons (Fsp3) is 0.174. The number of benzene rings is 1. The molecule has 1 aromatic carbocycles. The molecule has 7 heteroatoms. The summed E-state index contributed by atoms with van der Waals surface area (Å²) in [5, 5.41) is 10.1. The van der Waals surface area contributed by atoms with Gasteiger partial charge in [0.05, 0.1) is 11.4 Å². The van der Waals surface area contributed by atoms with Crippen LogP contribution in [0.2, 0.25) is 0 Å². The first-order chi connectivity index (χ1) is 14.6. The van der Waals surface area contributed by atoms with Crippen molar-refractivity contribution in [2.24, 2.45) is 0 Å². The molecule has 0 unspecified atom stereocenters. The molecular weight excluding hydrogens is 376 g/mol. The molecule has 0 radical (unpaired) electrons. The lowest BCUT2D eigenvalue weighted by Crippen LogP contribution is -2.23. The van der Waals surface area contributed by atoms with Crippen molar-refractivity contribution < 1.29 is 4.79 Å². The number of hydrogen-bond donors (Lipinski definition) is 2. The number of carbonyl (C=O) groups excluding carboxylic acids is 1. The highest BCUT2D eigenvalue weighted by Crippen LogP contribution is 2.17. The van der Waals surface area contributed by atoms with Gasteiger partial charge in [-0.3, -0.25) is 14.9 Å².